The van der Waals surface area contributed by atoms with Crippen LogP contribution in [0.3, 0.4) is 0 Å². The van der Waals surface area contributed by atoms with E-state index in [1.807, 2.05) is 0 Å². The van der Waals surface area contributed by atoms with Crippen molar-refractivity contribution >= 4 is 0 Å². The Morgan fingerprint density at radius 3 is 2.79 bits per heavy atom. The highest BCUT2D eigenvalue weighted by molar-refractivity contribution is 5.23. The van der Waals surface area contributed by atoms with Gasteiger partial charge < -0.3 is 5.73 Å². The lowest BCUT2D eigenvalue weighted by Crippen LogP contribution is -2.47. The van der Waals surface area contributed by atoms with E-state index in [-0.39, 0.29) is 0 Å². The molecule has 2 unspecified atom stereocenters. The monoisotopic (exact) mass is 193 g/mol. The molecule has 2 bridgehead atoms. The number of allylic oxidation sites excluding steroid dienone is 2. The van der Waals surface area contributed by atoms with Crippen LogP contribution in [-0.2, 0) is 0 Å². The summed E-state index contributed by atoms with van der Waals surface area (Å²) >= 11 is 0. The average molecular weight is 193 g/mol. The van der Waals surface area contributed by atoms with Gasteiger partial charge >= 0.3 is 0 Å². The normalized spacial score (nSPS) is 33.5. The molecule has 14 heavy (non-hydrogen) atoms. The smallest absolute Gasteiger partial charge is 0.00772 e. The van der Waals surface area contributed by atoms with E-state index in [0.29, 0.717) is 5.41 Å². The second kappa shape index (κ2) is 3.69. The predicted molar refractivity (Wildman–Crippen MR) is 61.0 cm³/mol. The molecule has 3 rings (SSSR count). The van der Waals surface area contributed by atoms with E-state index in [1.54, 1.807) is 5.57 Å². The van der Waals surface area contributed by atoms with Crippen LogP contribution >= 0.6 is 0 Å². The Balaban J connectivity index is 1.91. The molecule has 0 spiro atoms. The maximum atomic E-state index is 5.52. The first-order valence-electron chi connectivity index (χ1n) is 6.05. The third-order valence-electron chi connectivity index (χ3n) is 4.50. The second-order valence-electron chi connectivity index (χ2n) is 5.57. The van der Waals surface area contributed by atoms with Gasteiger partial charge in [-0.3, -0.25) is 0 Å². The Morgan fingerprint density at radius 1 is 1.43 bits per heavy atom. The van der Waals surface area contributed by atoms with Crippen LogP contribution in [0.2, 0.25) is 0 Å². The van der Waals surface area contributed by atoms with Gasteiger partial charge in [0.05, 0.1) is 0 Å². The molecule has 1 heteroatoms. The van der Waals surface area contributed by atoms with E-state index in [0.717, 1.165) is 18.4 Å². The quantitative estimate of drug-likeness (QED) is 0.539. The second-order valence-corrected chi connectivity index (χ2v) is 5.57. The summed E-state index contributed by atoms with van der Waals surface area (Å²) in [6.45, 7) is 5.74. The molecule has 2 atom stereocenters. The van der Waals surface area contributed by atoms with Gasteiger partial charge in [-0.1, -0.05) is 25.5 Å². The zero-order valence-corrected chi connectivity index (χ0v) is 9.55. The van der Waals surface area contributed by atoms with Crippen LogP contribution in [-0.4, -0.2) is 6.54 Å². The zero-order valence-electron chi connectivity index (χ0n) is 9.55. The minimum absolute atomic E-state index is 0.604. The van der Waals surface area contributed by atoms with Crippen molar-refractivity contribution in [2.75, 3.05) is 6.54 Å². The number of unbranched alkanes of at least 4 members (excludes halogenated alkanes) is 1. The van der Waals surface area contributed by atoms with Crippen molar-refractivity contribution in [3.8, 4) is 0 Å². The average Bonchev–Trinajstić information content (AvgIpc) is 2.18. The van der Waals surface area contributed by atoms with Gasteiger partial charge in [-0.2, -0.15) is 0 Å². The molecule has 0 aromatic carbocycles. The first kappa shape index (κ1) is 10.2. The van der Waals surface area contributed by atoms with Crippen LogP contribution < -0.4 is 5.73 Å². The molecule has 3 aliphatic carbocycles. The van der Waals surface area contributed by atoms with Gasteiger partial charge in [0.1, 0.15) is 0 Å². The van der Waals surface area contributed by atoms with Crippen molar-refractivity contribution < 1.29 is 0 Å². The van der Waals surface area contributed by atoms with E-state index in [9.17, 15) is 0 Å². The fourth-order valence-corrected chi connectivity index (χ4v) is 3.23. The van der Waals surface area contributed by atoms with Crippen molar-refractivity contribution in [3.63, 3.8) is 0 Å². The molecule has 1 saturated carbocycles. The minimum Gasteiger partial charge on any atom is -0.330 e. The highest BCUT2D eigenvalue weighted by Crippen LogP contribution is 2.59. The van der Waals surface area contributed by atoms with Gasteiger partial charge in [0.2, 0.25) is 0 Å². The van der Waals surface area contributed by atoms with Gasteiger partial charge in [0.25, 0.3) is 0 Å². The number of hydrogen-bond donors (Lipinski definition) is 1. The fraction of sp³-hybridized carbons (Fsp3) is 0.846. The van der Waals surface area contributed by atoms with Crippen LogP contribution in [0.5, 0.6) is 0 Å². The molecule has 1 nitrogen and oxygen atoms in total. The molecular formula is C13H23N. The Labute approximate surface area is 87.8 Å². The molecule has 0 saturated heterocycles. The SMILES string of the molecule is CC1(C)C2CC=C(CCCCN)C1C2. The molecule has 0 aromatic rings. The first-order valence-corrected chi connectivity index (χ1v) is 6.05. The van der Waals surface area contributed by atoms with Gasteiger partial charge in [-0.25, -0.2) is 0 Å². The third kappa shape index (κ3) is 1.52. The zero-order chi connectivity index (χ0) is 10.2. The lowest BCUT2D eigenvalue weighted by molar-refractivity contribution is -0.00837. The molecule has 3 aliphatic rings. The Bertz CT molecular complexity index is 240. The van der Waals surface area contributed by atoms with E-state index in [2.05, 4.69) is 19.9 Å². The van der Waals surface area contributed by atoms with E-state index in [4.69, 9.17) is 5.73 Å². The summed E-state index contributed by atoms with van der Waals surface area (Å²) in [6, 6.07) is 0. The van der Waals surface area contributed by atoms with Crippen molar-refractivity contribution in [2.45, 2.75) is 46.0 Å². The summed E-state index contributed by atoms with van der Waals surface area (Å²) in [6.07, 6.45) is 9.09. The van der Waals surface area contributed by atoms with Crippen molar-refractivity contribution in [1.29, 1.82) is 0 Å². The van der Waals surface area contributed by atoms with Crippen LogP contribution in [0.25, 0.3) is 0 Å². The Morgan fingerprint density at radius 2 is 2.21 bits per heavy atom. The molecular weight excluding hydrogens is 170 g/mol. The maximum absolute atomic E-state index is 5.52. The molecule has 80 valence electrons. The van der Waals surface area contributed by atoms with Crippen molar-refractivity contribution in [2.24, 2.45) is 23.0 Å². The molecule has 1 fully saturated rings. The molecule has 0 radical (unpaired) electrons. The van der Waals surface area contributed by atoms with E-state index >= 15 is 0 Å². The van der Waals surface area contributed by atoms with Crippen LogP contribution in [0.4, 0.5) is 0 Å². The Hall–Kier alpha value is -0.300. The summed E-state index contributed by atoms with van der Waals surface area (Å²) in [5.41, 5.74) is 7.87. The van der Waals surface area contributed by atoms with Crippen LogP contribution in [0.15, 0.2) is 11.6 Å². The van der Waals surface area contributed by atoms with Gasteiger partial charge in [0, 0.05) is 0 Å². The van der Waals surface area contributed by atoms with Crippen LogP contribution in [0.1, 0.15) is 46.0 Å². The van der Waals surface area contributed by atoms with E-state index in [1.165, 1.54) is 32.1 Å². The largest absolute Gasteiger partial charge is 0.330 e. The fourth-order valence-electron chi connectivity index (χ4n) is 3.23. The highest BCUT2D eigenvalue weighted by Gasteiger charge is 2.50. The molecule has 0 aliphatic heterocycles. The molecule has 0 amide bonds. The lowest BCUT2D eigenvalue weighted by Gasteiger charge is -2.56. The number of nitrogens with two attached hydrogens (primary N) is 1. The minimum atomic E-state index is 0.604. The first-order chi connectivity index (χ1) is 6.66. The number of rotatable bonds is 4. The standard InChI is InChI=1S/C13H23N/c1-13(2)11-7-6-10(12(13)9-11)5-3-4-8-14/h6,11-12H,3-5,7-9,14H2,1-2H3. The number of fused-ring (bicyclic) bond motifs is 1. The van der Waals surface area contributed by atoms with Gasteiger partial charge in [-0.15, -0.1) is 0 Å². The predicted octanol–water partition coefficient (Wildman–Crippen LogP) is 3.11. The van der Waals surface area contributed by atoms with Gasteiger partial charge in [-0.05, 0) is 55.9 Å². The lowest BCUT2D eigenvalue weighted by atomic mass is 9.48. The van der Waals surface area contributed by atoms with Crippen molar-refractivity contribution in [1.82, 2.24) is 0 Å². The summed E-state index contributed by atoms with van der Waals surface area (Å²) < 4.78 is 0. The topological polar surface area (TPSA) is 26.0 Å². The summed E-state index contributed by atoms with van der Waals surface area (Å²) in [5, 5.41) is 0. The summed E-state index contributed by atoms with van der Waals surface area (Å²) in [7, 11) is 0. The summed E-state index contributed by atoms with van der Waals surface area (Å²) in [5.74, 6) is 1.88. The molecule has 2 N–H and O–H groups in total. The highest BCUT2D eigenvalue weighted by atomic mass is 14.6. The number of hydrogen-bond acceptors (Lipinski definition) is 1. The van der Waals surface area contributed by atoms with Crippen molar-refractivity contribution in [3.05, 3.63) is 11.6 Å². The van der Waals surface area contributed by atoms with E-state index < -0.39 is 0 Å². The Kier molecular flexibility index (Phi) is 2.70. The maximum Gasteiger partial charge on any atom is -0.00772 e. The third-order valence-corrected chi connectivity index (χ3v) is 4.50. The molecule has 0 aromatic heterocycles. The van der Waals surface area contributed by atoms with Gasteiger partial charge in [0.15, 0.2) is 0 Å². The van der Waals surface area contributed by atoms with Crippen LogP contribution in [0, 0.1) is 17.3 Å². The summed E-state index contributed by atoms with van der Waals surface area (Å²) in [4.78, 5) is 0. The molecule has 0 heterocycles.